The third-order valence-electron chi connectivity index (χ3n) is 4.80. The first-order valence-corrected chi connectivity index (χ1v) is 11.7. The lowest BCUT2D eigenvalue weighted by Gasteiger charge is -2.23. The normalized spacial score (nSPS) is 17.7. The summed E-state index contributed by atoms with van der Waals surface area (Å²) in [7, 11) is -3.82. The Kier molecular flexibility index (Phi) is 11.1. The molecule has 0 aromatic heterocycles. The van der Waals surface area contributed by atoms with E-state index in [2.05, 4.69) is 5.48 Å². The van der Waals surface area contributed by atoms with E-state index < -0.39 is 52.0 Å². The van der Waals surface area contributed by atoms with Crippen LogP contribution in [0.1, 0.15) is 38.2 Å². The number of nitrogens with one attached hydrogen (secondary N) is 1. The molecule has 0 saturated carbocycles. The number of benzene rings is 1. The highest BCUT2D eigenvalue weighted by atomic mass is 32.2. The number of rotatable bonds is 10. The monoisotopic (exact) mass is 503 g/mol. The van der Waals surface area contributed by atoms with Crippen LogP contribution in [0.2, 0.25) is 0 Å². The molecule has 13 nitrogen and oxygen atoms in total. The Morgan fingerprint density at radius 2 is 1.74 bits per heavy atom. The summed E-state index contributed by atoms with van der Waals surface area (Å²) in [6.45, 7) is 3.37. The first kappa shape index (κ1) is 29.0. The van der Waals surface area contributed by atoms with Gasteiger partial charge in [0.15, 0.2) is 0 Å². The molecule has 0 radical (unpaired) electrons. The Morgan fingerprint density at radius 1 is 1.15 bits per heavy atom. The maximum Gasteiger partial charge on any atom is 0.343 e. The van der Waals surface area contributed by atoms with Gasteiger partial charge in [-0.15, -0.1) is 5.48 Å². The van der Waals surface area contributed by atoms with Gasteiger partial charge in [-0.05, 0) is 45.2 Å². The number of carboxylic acids is 3. The van der Waals surface area contributed by atoms with Gasteiger partial charge in [0.25, 0.3) is 0 Å². The van der Waals surface area contributed by atoms with Crippen LogP contribution in [0.25, 0.3) is 0 Å². The van der Waals surface area contributed by atoms with E-state index in [1.165, 1.54) is 19.1 Å². The molecular weight excluding hydrogens is 474 g/mol. The quantitative estimate of drug-likeness (QED) is 0.265. The molecule has 0 aliphatic carbocycles. The summed E-state index contributed by atoms with van der Waals surface area (Å²) >= 11 is 0. The summed E-state index contributed by atoms with van der Waals surface area (Å²) in [6, 6.07) is 3.25. The molecule has 34 heavy (non-hydrogen) atoms. The Hall–Kier alpha value is -3.07. The van der Waals surface area contributed by atoms with Crippen LogP contribution in [0.5, 0.6) is 0 Å². The molecule has 1 aromatic rings. The molecule has 1 aliphatic heterocycles. The van der Waals surface area contributed by atoms with Gasteiger partial charge in [-0.2, -0.15) is 4.31 Å². The summed E-state index contributed by atoms with van der Waals surface area (Å²) in [5.74, 6) is -4.19. The second-order valence-corrected chi connectivity index (χ2v) is 9.45. The van der Waals surface area contributed by atoms with Crippen molar-refractivity contribution in [1.29, 1.82) is 0 Å². The molecule has 1 heterocycles. The second-order valence-electron chi connectivity index (χ2n) is 7.56. The number of carboxylic acid groups (broad SMARTS) is 3. The minimum Gasteiger partial charge on any atom is -0.481 e. The van der Waals surface area contributed by atoms with Crippen LogP contribution in [0.4, 0.5) is 0 Å². The fourth-order valence-corrected chi connectivity index (χ4v) is 4.42. The molecule has 0 amide bonds. The Morgan fingerprint density at radius 3 is 2.24 bits per heavy atom. The van der Waals surface area contributed by atoms with E-state index in [0.717, 1.165) is 9.87 Å². The molecule has 3 atom stereocenters. The molecule has 0 bridgehead atoms. The zero-order valence-electron chi connectivity index (χ0n) is 18.7. The molecule has 6 N–H and O–H groups in total. The number of carbonyl (C=O) groups excluding carboxylic acids is 1. The number of aryl methyl sites for hydroxylation is 1. The van der Waals surface area contributed by atoms with E-state index in [1.807, 2.05) is 6.92 Å². The lowest BCUT2D eigenvalue weighted by atomic mass is 10.2. The van der Waals surface area contributed by atoms with Gasteiger partial charge < -0.3 is 25.9 Å². The molecule has 190 valence electrons. The summed E-state index contributed by atoms with van der Waals surface area (Å²) in [4.78, 5) is 47.6. The van der Waals surface area contributed by atoms with Gasteiger partial charge in [-0.25, -0.2) is 13.2 Å². The minimum absolute atomic E-state index is 0.0231. The second kappa shape index (κ2) is 13.0. The van der Waals surface area contributed by atoms with Crippen LogP contribution in [0.3, 0.4) is 0 Å². The topological polar surface area (TPSA) is 214 Å². The predicted octanol–water partition coefficient (Wildman–Crippen LogP) is -0.0679. The number of nitrogens with two attached hydrogens (primary N) is 1. The van der Waals surface area contributed by atoms with Crippen molar-refractivity contribution in [3.63, 3.8) is 0 Å². The lowest BCUT2D eigenvalue weighted by Crippen LogP contribution is -2.45. The summed E-state index contributed by atoms with van der Waals surface area (Å²) in [5, 5.41) is 25.0. The number of hydrogen-bond donors (Lipinski definition) is 5. The highest BCUT2D eigenvalue weighted by Gasteiger charge is 2.40. The van der Waals surface area contributed by atoms with Crippen LogP contribution in [-0.2, 0) is 34.0 Å². The fourth-order valence-electron chi connectivity index (χ4n) is 2.78. The highest BCUT2D eigenvalue weighted by Crippen LogP contribution is 2.26. The Balaban J connectivity index is 0.000000489. The number of hydroxylamine groups is 1. The molecule has 2 rings (SSSR count). The molecular formula is C20H29N3O10S. The lowest BCUT2D eigenvalue weighted by molar-refractivity contribution is -0.160. The van der Waals surface area contributed by atoms with E-state index in [1.54, 1.807) is 12.1 Å². The van der Waals surface area contributed by atoms with Crippen LogP contribution >= 0.6 is 0 Å². The van der Waals surface area contributed by atoms with E-state index >= 15 is 0 Å². The fraction of sp³-hybridized carbons (Fsp3) is 0.500. The first-order valence-electron chi connectivity index (χ1n) is 10.2. The molecule has 1 aromatic carbocycles. The third kappa shape index (κ3) is 8.70. The van der Waals surface area contributed by atoms with Gasteiger partial charge in [0, 0.05) is 13.0 Å². The highest BCUT2D eigenvalue weighted by molar-refractivity contribution is 7.89. The number of carbonyl (C=O) groups is 4. The van der Waals surface area contributed by atoms with Gasteiger partial charge in [-0.3, -0.25) is 14.4 Å². The van der Waals surface area contributed by atoms with E-state index in [4.69, 9.17) is 25.9 Å². The number of nitrogens with zero attached hydrogens (tertiary/aromatic N) is 1. The average molecular weight is 504 g/mol. The standard InChI is InChI=1S/C15H20N2O6S.C5H9NO4/c1-10-5-7-12(8-6-10)24(21,22)17-9-3-4-13(17)15(20)23-16-11(2)14(18)19;6-3(5(9)10)1-2-4(7)8/h5-8,11,13,16H,3-4,9H2,1-2H3,(H,18,19);3H,1-2,6H2,(H,7,8)(H,9,10)/t11-,13+;3-/m00/s1. The van der Waals surface area contributed by atoms with Crippen molar-refractivity contribution < 1.29 is 47.8 Å². The summed E-state index contributed by atoms with van der Waals surface area (Å²) in [6.07, 6.45) is 0.629. The van der Waals surface area contributed by atoms with E-state index in [0.29, 0.717) is 12.8 Å². The summed E-state index contributed by atoms with van der Waals surface area (Å²) < 4.78 is 26.5. The smallest absolute Gasteiger partial charge is 0.343 e. The Labute approximate surface area is 196 Å². The van der Waals surface area contributed by atoms with Crippen molar-refractivity contribution in [1.82, 2.24) is 9.79 Å². The van der Waals surface area contributed by atoms with Crippen molar-refractivity contribution >= 4 is 33.9 Å². The SMILES string of the molecule is Cc1ccc(S(=O)(=O)N2CCC[C@@H]2C(=O)ON[C@@H](C)C(=O)O)cc1.N[C@@H](CCC(=O)O)C(=O)O. The largest absolute Gasteiger partial charge is 0.481 e. The van der Waals surface area contributed by atoms with Crippen LogP contribution in [0, 0.1) is 6.92 Å². The van der Waals surface area contributed by atoms with Gasteiger partial charge in [0.1, 0.15) is 18.1 Å². The molecule has 0 spiro atoms. The van der Waals surface area contributed by atoms with Crippen molar-refractivity contribution in [2.45, 2.75) is 62.6 Å². The third-order valence-corrected chi connectivity index (χ3v) is 6.72. The van der Waals surface area contributed by atoms with Crippen LogP contribution in [-0.4, -0.2) is 76.6 Å². The van der Waals surface area contributed by atoms with Gasteiger partial charge >= 0.3 is 23.9 Å². The van der Waals surface area contributed by atoms with Crippen molar-refractivity contribution in [2.24, 2.45) is 5.73 Å². The van der Waals surface area contributed by atoms with Crippen molar-refractivity contribution in [3.8, 4) is 0 Å². The number of aliphatic carboxylic acids is 3. The number of sulfonamides is 1. The predicted molar refractivity (Wildman–Crippen MR) is 117 cm³/mol. The Bertz CT molecular complexity index is 981. The summed E-state index contributed by atoms with van der Waals surface area (Å²) in [5.41, 5.74) is 8.04. The van der Waals surface area contributed by atoms with Crippen LogP contribution < -0.4 is 11.2 Å². The molecule has 1 aliphatic rings. The van der Waals surface area contributed by atoms with Crippen molar-refractivity contribution in [3.05, 3.63) is 29.8 Å². The van der Waals surface area contributed by atoms with E-state index in [9.17, 15) is 27.6 Å². The zero-order valence-corrected chi connectivity index (χ0v) is 19.5. The van der Waals surface area contributed by atoms with Gasteiger partial charge in [-0.1, -0.05) is 17.7 Å². The average Bonchev–Trinajstić information content (AvgIpc) is 3.27. The number of hydrogen-bond acceptors (Lipinski definition) is 9. The van der Waals surface area contributed by atoms with Gasteiger partial charge in [0.05, 0.1) is 4.90 Å². The first-order chi connectivity index (χ1) is 15.8. The molecule has 0 unspecified atom stereocenters. The van der Waals surface area contributed by atoms with E-state index in [-0.39, 0.29) is 24.3 Å². The minimum atomic E-state index is -3.82. The van der Waals surface area contributed by atoms with Gasteiger partial charge in [0.2, 0.25) is 10.0 Å². The zero-order chi connectivity index (χ0) is 26.1. The van der Waals surface area contributed by atoms with Crippen molar-refractivity contribution in [2.75, 3.05) is 6.54 Å². The van der Waals surface area contributed by atoms with Crippen LogP contribution in [0.15, 0.2) is 29.2 Å². The maximum atomic E-state index is 12.7. The molecule has 1 fully saturated rings. The maximum absolute atomic E-state index is 12.7. The molecule has 14 heteroatoms. The molecule has 1 saturated heterocycles.